The first-order valence-electron chi connectivity index (χ1n) is 22.4. The summed E-state index contributed by atoms with van der Waals surface area (Å²) in [6, 6.07) is 75.5. The van der Waals surface area contributed by atoms with Crippen molar-refractivity contribution in [3.63, 3.8) is 0 Å². The molecule has 8 aromatic carbocycles. The van der Waals surface area contributed by atoms with E-state index in [9.17, 15) is 0 Å². The van der Waals surface area contributed by atoms with E-state index in [1.54, 1.807) is 11.1 Å². The summed E-state index contributed by atoms with van der Waals surface area (Å²) in [5, 5.41) is 7.75. The number of para-hydroxylation sites is 3. The van der Waals surface area contributed by atoms with Crippen molar-refractivity contribution in [2.75, 3.05) is 4.90 Å². The number of rotatable bonds is 6. The Kier molecular flexibility index (Phi) is 7.85. The fourth-order valence-corrected chi connectivity index (χ4v) is 18.3. The van der Waals surface area contributed by atoms with Gasteiger partial charge in [0.25, 0.3) is 0 Å². The van der Waals surface area contributed by atoms with Crippen LogP contribution in [0.5, 0.6) is 0 Å². The summed E-state index contributed by atoms with van der Waals surface area (Å²) in [4.78, 5) is 2.60. The molecule has 0 amide bonds. The Bertz CT molecular complexity index is 2940. The summed E-state index contributed by atoms with van der Waals surface area (Å²) in [7, 11) is -2.73. The van der Waals surface area contributed by atoms with Crippen LogP contribution in [-0.4, -0.2) is 8.07 Å². The standard InChI is InChI=1S/C58H47NOSi/c1-4-16-44(17-5-1)61(45-18-6-2-7-19-45,46-20-8-3-9-21-46)47-29-31-57-50(38-47)49-37-41(28-30-56(49)60-57)48-22-10-13-25-53(48)59-54-26-14-11-23-51(54)58(52-24-12-15-27-55(52)59)42-33-39-32-40(35-42)36-43(58)34-39/h1-31,37-40,42-43H,32-36H2. The number of hydrogen-bond acceptors (Lipinski definition) is 2. The molecule has 4 aliphatic carbocycles. The summed E-state index contributed by atoms with van der Waals surface area (Å²) in [6.07, 6.45) is 6.95. The van der Waals surface area contributed by atoms with Crippen LogP contribution >= 0.6 is 0 Å². The molecule has 3 heteroatoms. The maximum absolute atomic E-state index is 6.68. The summed E-state index contributed by atoms with van der Waals surface area (Å²) in [5.41, 5.74) is 11.3. The molecule has 0 unspecified atom stereocenters. The lowest BCUT2D eigenvalue weighted by Crippen LogP contribution is -2.74. The van der Waals surface area contributed by atoms with E-state index in [2.05, 4.69) is 205 Å². The Hall–Kier alpha value is -6.42. The van der Waals surface area contributed by atoms with Gasteiger partial charge in [-0.25, -0.2) is 0 Å². The van der Waals surface area contributed by atoms with Crippen LogP contribution in [0.15, 0.2) is 205 Å². The van der Waals surface area contributed by atoms with Gasteiger partial charge in [0.2, 0.25) is 0 Å². The van der Waals surface area contributed by atoms with Gasteiger partial charge in [-0.3, -0.25) is 0 Å². The molecule has 0 N–H and O–H groups in total. The average Bonchev–Trinajstić information content (AvgIpc) is 3.69. The number of anilines is 3. The molecule has 14 rings (SSSR count). The van der Waals surface area contributed by atoms with Gasteiger partial charge in [0.1, 0.15) is 11.2 Å². The van der Waals surface area contributed by atoms with Crippen LogP contribution in [-0.2, 0) is 5.41 Å². The van der Waals surface area contributed by atoms with Gasteiger partial charge < -0.3 is 9.32 Å². The molecule has 0 saturated heterocycles. The Morgan fingerprint density at radius 2 is 0.869 bits per heavy atom. The first kappa shape index (κ1) is 35.3. The third-order valence-corrected chi connectivity index (χ3v) is 20.4. The topological polar surface area (TPSA) is 16.4 Å². The second kappa shape index (κ2) is 13.5. The molecule has 1 aromatic heterocycles. The predicted molar refractivity (Wildman–Crippen MR) is 255 cm³/mol. The molecule has 294 valence electrons. The predicted octanol–water partition coefficient (Wildman–Crippen LogP) is 12.2. The Balaban J connectivity index is 0.995. The molecule has 1 aliphatic heterocycles. The van der Waals surface area contributed by atoms with E-state index >= 15 is 0 Å². The van der Waals surface area contributed by atoms with Crippen molar-refractivity contribution in [2.24, 2.45) is 23.7 Å². The van der Waals surface area contributed by atoms with Crippen molar-refractivity contribution in [3.8, 4) is 11.1 Å². The summed E-state index contributed by atoms with van der Waals surface area (Å²) in [5.74, 6) is 3.23. The fourth-order valence-electron chi connectivity index (χ4n) is 13.5. The lowest BCUT2D eigenvalue weighted by Gasteiger charge is -2.64. The second-order valence-electron chi connectivity index (χ2n) is 18.4. The molecule has 2 nitrogen and oxygen atoms in total. The molecule has 4 saturated carbocycles. The molecule has 5 aliphatic rings. The van der Waals surface area contributed by atoms with Crippen LogP contribution in [0.3, 0.4) is 0 Å². The zero-order valence-electron chi connectivity index (χ0n) is 34.3. The zero-order chi connectivity index (χ0) is 40.1. The number of hydrogen-bond donors (Lipinski definition) is 0. The van der Waals surface area contributed by atoms with Crippen LogP contribution < -0.4 is 25.6 Å². The van der Waals surface area contributed by atoms with E-state index in [1.165, 1.54) is 81.0 Å². The summed E-state index contributed by atoms with van der Waals surface area (Å²) >= 11 is 0. The highest BCUT2D eigenvalue weighted by molar-refractivity contribution is 7.20. The van der Waals surface area contributed by atoms with Crippen molar-refractivity contribution in [3.05, 3.63) is 211 Å². The minimum atomic E-state index is -2.73. The van der Waals surface area contributed by atoms with Crippen molar-refractivity contribution in [2.45, 2.75) is 37.5 Å². The van der Waals surface area contributed by atoms with Gasteiger partial charge in [-0.2, -0.15) is 0 Å². The maximum atomic E-state index is 6.68. The van der Waals surface area contributed by atoms with E-state index in [1.807, 2.05) is 0 Å². The van der Waals surface area contributed by atoms with Crippen LogP contribution in [0, 0.1) is 23.7 Å². The smallest absolute Gasteiger partial charge is 0.179 e. The van der Waals surface area contributed by atoms with Gasteiger partial charge in [-0.05, 0) is 130 Å². The molecule has 61 heavy (non-hydrogen) atoms. The van der Waals surface area contributed by atoms with Crippen LogP contribution in [0.2, 0.25) is 0 Å². The van der Waals surface area contributed by atoms with Gasteiger partial charge in [-0.15, -0.1) is 0 Å². The molecule has 4 fully saturated rings. The number of benzene rings is 8. The summed E-state index contributed by atoms with van der Waals surface area (Å²) in [6.45, 7) is 0. The Labute approximate surface area is 359 Å². The normalized spacial score (nSPS) is 20.9. The molecule has 2 heterocycles. The van der Waals surface area contributed by atoms with E-state index in [4.69, 9.17) is 4.42 Å². The summed E-state index contributed by atoms with van der Waals surface area (Å²) < 4.78 is 6.68. The molecular weight excluding hydrogens is 755 g/mol. The third kappa shape index (κ3) is 5.02. The van der Waals surface area contributed by atoms with Crippen molar-refractivity contribution in [1.29, 1.82) is 0 Å². The van der Waals surface area contributed by atoms with Gasteiger partial charge in [0.15, 0.2) is 8.07 Å². The lowest BCUT2D eigenvalue weighted by molar-refractivity contribution is -0.0419. The quantitative estimate of drug-likeness (QED) is 0.123. The average molecular weight is 802 g/mol. The minimum Gasteiger partial charge on any atom is -0.456 e. The Morgan fingerprint density at radius 3 is 1.43 bits per heavy atom. The van der Waals surface area contributed by atoms with Crippen LogP contribution in [0.1, 0.15) is 43.2 Å². The van der Waals surface area contributed by atoms with E-state index in [-0.39, 0.29) is 5.41 Å². The molecule has 1 spiro atoms. The van der Waals surface area contributed by atoms with Gasteiger partial charge in [0.05, 0.1) is 17.1 Å². The Morgan fingerprint density at radius 1 is 0.410 bits per heavy atom. The van der Waals surface area contributed by atoms with E-state index < -0.39 is 8.07 Å². The first-order chi connectivity index (χ1) is 30.2. The molecule has 4 bridgehead atoms. The van der Waals surface area contributed by atoms with Gasteiger partial charge in [0, 0.05) is 21.8 Å². The third-order valence-electron chi connectivity index (χ3n) is 15.6. The monoisotopic (exact) mass is 801 g/mol. The van der Waals surface area contributed by atoms with Gasteiger partial charge >= 0.3 is 0 Å². The number of fused-ring (bicyclic) bond motifs is 5. The highest BCUT2D eigenvalue weighted by Crippen LogP contribution is 2.69. The maximum Gasteiger partial charge on any atom is 0.179 e. The van der Waals surface area contributed by atoms with Crippen LogP contribution in [0.25, 0.3) is 33.1 Å². The second-order valence-corrected chi connectivity index (χ2v) is 22.2. The van der Waals surface area contributed by atoms with E-state index in [0.29, 0.717) is 11.8 Å². The highest BCUT2D eigenvalue weighted by Gasteiger charge is 2.61. The fraction of sp³-hybridized carbons (Fsp3) is 0.172. The molecular formula is C58H47NOSi. The SMILES string of the molecule is c1ccc([Si](c2ccccc2)(c2ccccc2)c2ccc3oc4ccc(-c5ccccc5N5c6ccccc6C6(c7ccccc75)C5CC7CC(C5)CC6C7)cc4c3c2)cc1. The molecule has 0 radical (unpaired) electrons. The number of furan rings is 1. The lowest BCUT2D eigenvalue weighted by atomic mass is 9.41. The number of nitrogens with zero attached hydrogens (tertiary/aromatic N) is 1. The zero-order valence-corrected chi connectivity index (χ0v) is 35.3. The van der Waals surface area contributed by atoms with Crippen molar-refractivity contribution >= 4 is 67.8 Å². The molecule has 0 atom stereocenters. The van der Waals surface area contributed by atoms with Crippen molar-refractivity contribution in [1.82, 2.24) is 0 Å². The van der Waals surface area contributed by atoms with Crippen LogP contribution in [0.4, 0.5) is 17.1 Å². The minimum absolute atomic E-state index is 0.0795. The highest BCUT2D eigenvalue weighted by atomic mass is 28.3. The van der Waals surface area contributed by atoms with Crippen molar-refractivity contribution < 1.29 is 4.42 Å². The molecule has 9 aromatic rings. The first-order valence-corrected chi connectivity index (χ1v) is 24.4. The largest absolute Gasteiger partial charge is 0.456 e. The van der Waals surface area contributed by atoms with Gasteiger partial charge in [-0.1, -0.05) is 164 Å². The van der Waals surface area contributed by atoms with E-state index in [0.717, 1.165) is 33.8 Å².